The average Bonchev–Trinajstić information content (AvgIpc) is 3.27. The highest BCUT2D eigenvalue weighted by molar-refractivity contribution is 6.30. The number of rotatable bonds is 9. The first-order valence-corrected chi connectivity index (χ1v) is 10.1. The number of benzene rings is 2. The number of H-pyrrole nitrogens is 1. The lowest BCUT2D eigenvalue weighted by atomic mass is 10.1. The van der Waals surface area contributed by atoms with Gasteiger partial charge in [-0.15, -0.1) is 0 Å². The Morgan fingerprint density at radius 3 is 2.48 bits per heavy atom. The second-order valence-electron chi connectivity index (χ2n) is 7.51. The number of oxime groups is 1. The lowest BCUT2D eigenvalue weighted by molar-refractivity contribution is 0.175. The van der Waals surface area contributed by atoms with Crippen molar-refractivity contribution >= 4 is 16.6 Å². The van der Waals surface area contributed by atoms with E-state index in [4.69, 9.17) is 19.0 Å². The van der Waals surface area contributed by atoms with Gasteiger partial charge in [-0.2, -0.15) is 0 Å². The average molecular weight is 421 g/mol. The fourth-order valence-corrected chi connectivity index (χ4v) is 3.72. The van der Waals surface area contributed by atoms with Gasteiger partial charge < -0.3 is 28.9 Å². The van der Waals surface area contributed by atoms with Crippen molar-refractivity contribution in [1.29, 1.82) is 0 Å². The first kappa shape index (κ1) is 20.8. The van der Waals surface area contributed by atoms with Crippen molar-refractivity contribution in [2.45, 2.75) is 0 Å². The lowest BCUT2D eigenvalue weighted by Gasteiger charge is -2.12. The van der Waals surface area contributed by atoms with Crippen molar-refractivity contribution in [3.63, 3.8) is 0 Å². The van der Waals surface area contributed by atoms with Crippen molar-refractivity contribution in [3.05, 3.63) is 54.1 Å². The molecule has 0 unspecified atom stereocenters. The molecule has 0 radical (unpaired) electrons. The summed E-state index contributed by atoms with van der Waals surface area (Å²) in [5.74, 6) is 2.11. The number of methoxy groups -OCH3 is 2. The Balaban J connectivity index is 1.84. The van der Waals surface area contributed by atoms with Crippen molar-refractivity contribution in [2.75, 3.05) is 48.1 Å². The predicted octanol–water partition coefficient (Wildman–Crippen LogP) is 4.06. The maximum absolute atomic E-state index is 5.96. The van der Waals surface area contributed by atoms with Gasteiger partial charge in [-0.05, 0) is 44.4 Å². The molecule has 0 atom stereocenters. The second-order valence-corrected chi connectivity index (χ2v) is 7.51. The molecule has 7 heteroatoms. The van der Waals surface area contributed by atoms with Gasteiger partial charge in [-0.25, -0.2) is 0 Å². The van der Waals surface area contributed by atoms with Crippen molar-refractivity contribution in [2.24, 2.45) is 5.16 Å². The van der Waals surface area contributed by atoms with Gasteiger partial charge in [0.15, 0.2) is 11.5 Å². The third-order valence-corrected chi connectivity index (χ3v) is 5.21. The molecule has 162 valence electrons. The van der Waals surface area contributed by atoms with Crippen molar-refractivity contribution < 1.29 is 19.0 Å². The van der Waals surface area contributed by atoms with E-state index in [-0.39, 0.29) is 0 Å². The highest BCUT2D eigenvalue weighted by Crippen LogP contribution is 2.45. The van der Waals surface area contributed by atoms with Crippen LogP contribution in [0, 0.1) is 0 Å². The molecule has 0 fully saturated rings. The second kappa shape index (κ2) is 8.73. The maximum Gasteiger partial charge on any atom is 0.161 e. The largest absolute Gasteiger partial charge is 0.493 e. The molecule has 0 saturated carbocycles. The Hall–Kier alpha value is -3.45. The summed E-state index contributed by atoms with van der Waals surface area (Å²) in [5, 5.41) is 5.47. The summed E-state index contributed by atoms with van der Waals surface area (Å²) in [6.07, 6.45) is 1.67. The molecule has 7 nitrogen and oxygen atoms in total. The van der Waals surface area contributed by atoms with E-state index in [0.29, 0.717) is 24.7 Å². The van der Waals surface area contributed by atoms with Gasteiger partial charge in [-0.3, -0.25) is 0 Å². The van der Waals surface area contributed by atoms with Gasteiger partial charge in [0.25, 0.3) is 0 Å². The molecule has 0 saturated heterocycles. The zero-order valence-electron chi connectivity index (χ0n) is 18.3. The third-order valence-electron chi connectivity index (χ3n) is 5.21. The minimum atomic E-state index is 0.322. The SMILES string of the molecule is C=CCON=C1c2cc(OC)c(OC)cc2-c2[nH]c3ccc(OCCN(C)C)cc3c21. The lowest BCUT2D eigenvalue weighted by Crippen LogP contribution is -2.19. The number of likely N-dealkylation sites (N-methyl/N-ethyl adjacent to an activating group) is 1. The van der Waals surface area contributed by atoms with E-state index >= 15 is 0 Å². The number of ether oxygens (including phenoxy) is 3. The summed E-state index contributed by atoms with van der Waals surface area (Å²) < 4.78 is 17.0. The molecule has 1 heterocycles. The molecule has 0 spiro atoms. The van der Waals surface area contributed by atoms with Crippen LogP contribution in [-0.4, -0.2) is 63.7 Å². The van der Waals surface area contributed by atoms with Crippen LogP contribution in [0.4, 0.5) is 0 Å². The standard InChI is InChI=1S/C24H27N3O4/c1-6-10-31-26-24-17-14-21(29-5)20(28-4)13-16(17)23-22(24)18-12-15(7-8-19(18)25-23)30-11-9-27(2)3/h6-8,12-14,25H,1,9-11H2,2-5H3. The summed E-state index contributed by atoms with van der Waals surface area (Å²) >= 11 is 0. The minimum absolute atomic E-state index is 0.322. The van der Waals surface area contributed by atoms with E-state index in [2.05, 4.69) is 21.6 Å². The van der Waals surface area contributed by atoms with E-state index in [9.17, 15) is 0 Å². The Morgan fingerprint density at radius 1 is 1.06 bits per heavy atom. The van der Waals surface area contributed by atoms with Crippen molar-refractivity contribution in [3.8, 4) is 28.5 Å². The zero-order valence-corrected chi connectivity index (χ0v) is 18.3. The van der Waals surface area contributed by atoms with Gasteiger partial charge in [0.2, 0.25) is 0 Å². The van der Waals surface area contributed by atoms with Crippen molar-refractivity contribution in [1.82, 2.24) is 9.88 Å². The summed E-state index contributed by atoms with van der Waals surface area (Å²) in [4.78, 5) is 11.1. The highest BCUT2D eigenvalue weighted by Gasteiger charge is 2.32. The number of aromatic nitrogens is 1. The fraction of sp³-hybridized carbons (Fsp3) is 0.292. The number of hydrogen-bond acceptors (Lipinski definition) is 6. The van der Waals surface area contributed by atoms with Crippen LogP contribution in [0.15, 0.2) is 48.1 Å². The van der Waals surface area contributed by atoms with Crippen LogP contribution in [0.2, 0.25) is 0 Å². The van der Waals surface area contributed by atoms with Gasteiger partial charge >= 0.3 is 0 Å². The number of aromatic amines is 1. The molecule has 1 aromatic heterocycles. The van der Waals surface area contributed by atoms with Crippen LogP contribution in [0.3, 0.4) is 0 Å². The molecular formula is C24H27N3O4. The maximum atomic E-state index is 5.96. The van der Waals surface area contributed by atoms with Gasteiger partial charge in [-0.1, -0.05) is 17.8 Å². The number of fused-ring (bicyclic) bond motifs is 5. The van der Waals surface area contributed by atoms with Crippen LogP contribution in [0.25, 0.3) is 22.2 Å². The predicted molar refractivity (Wildman–Crippen MR) is 123 cm³/mol. The van der Waals surface area contributed by atoms with E-state index in [1.165, 1.54) is 0 Å². The normalized spacial score (nSPS) is 13.4. The Kier molecular flexibility index (Phi) is 5.86. The summed E-state index contributed by atoms with van der Waals surface area (Å²) in [6, 6.07) is 9.95. The molecule has 4 rings (SSSR count). The topological polar surface area (TPSA) is 68.3 Å². The van der Waals surface area contributed by atoms with Gasteiger partial charge in [0.05, 0.1) is 19.9 Å². The van der Waals surface area contributed by atoms with E-state index in [1.54, 1.807) is 20.3 Å². The van der Waals surface area contributed by atoms with E-state index in [1.807, 2.05) is 44.4 Å². The van der Waals surface area contributed by atoms with E-state index < -0.39 is 0 Å². The van der Waals surface area contributed by atoms with Crippen LogP contribution in [0.1, 0.15) is 11.1 Å². The molecule has 0 amide bonds. The number of nitrogens with zero attached hydrogens (tertiary/aromatic N) is 2. The van der Waals surface area contributed by atoms with Crippen LogP contribution in [0.5, 0.6) is 17.2 Å². The monoisotopic (exact) mass is 421 g/mol. The van der Waals surface area contributed by atoms with Gasteiger partial charge in [0, 0.05) is 34.1 Å². The molecule has 3 aromatic rings. The first-order valence-electron chi connectivity index (χ1n) is 10.1. The van der Waals surface area contributed by atoms with Gasteiger partial charge in [0.1, 0.15) is 24.7 Å². The zero-order chi connectivity index (χ0) is 22.0. The van der Waals surface area contributed by atoms with Crippen LogP contribution >= 0.6 is 0 Å². The molecular weight excluding hydrogens is 394 g/mol. The number of hydrogen-bond donors (Lipinski definition) is 1. The Morgan fingerprint density at radius 2 is 1.81 bits per heavy atom. The molecule has 0 bridgehead atoms. The van der Waals surface area contributed by atoms with Crippen LogP contribution < -0.4 is 14.2 Å². The molecule has 1 N–H and O–H groups in total. The Labute approximate surface area is 181 Å². The minimum Gasteiger partial charge on any atom is -0.493 e. The molecule has 2 aromatic carbocycles. The van der Waals surface area contributed by atoms with Crippen LogP contribution in [-0.2, 0) is 4.84 Å². The third kappa shape index (κ3) is 3.84. The van der Waals surface area contributed by atoms with E-state index in [0.717, 1.165) is 51.3 Å². The Bertz CT molecular complexity index is 1150. The number of nitrogens with one attached hydrogen (secondary N) is 1. The molecule has 1 aliphatic rings. The first-order chi connectivity index (χ1) is 15.1. The highest BCUT2D eigenvalue weighted by atomic mass is 16.6. The molecule has 1 aliphatic carbocycles. The summed E-state index contributed by atoms with van der Waals surface area (Å²) in [5.41, 5.74) is 5.59. The molecule has 0 aliphatic heterocycles. The smallest absolute Gasteiger partial charge is 0.161 e. The quantitative estimate of drug-likeness (QED) is 0.251. The summed E-state index contributed by atoms with van der Waals surface area (Å²) in [7, 11) is 7.30. The summed E-state index contributed by atoms with van der Waals surface area (Å²) in [6.45, 7) is 5.48. The molecule has 31 heavy (non-hydrogen) atoms. The fourth-order valence-electron chi connectivity index (χ4n) is 3.72.